The molecule has 0 aromatic carbocycles. The van der Waals surface area contributed by atoms with E-state index in [1.54, 1.807) is 13.0 Å². The first-order chi connectivity index (χ1) is 11.8. The van der Waals surface area contributed by atoms with Crippen LogP contribution < -0.4 is 0 Å². The van der Waals surface area contributed by atoms with Crippen molar-refractivity contribution in [3.8, 4) is 0 Å². The number of rotatable bonds is 2. The first kappa shape index (κ1) is 16.8. The summed E-state index contributed by atoms with van der Waals surface area (Å²) in [6.45, 7) is 7.68. The number of ether oxygens (including phenoxy) is 2. The minimum absolute atomic E-state index is 0.130. The maximum atomic E-state index is 12.5. The molecular weight excluding hydrogens is 320 g/mol. The summed E-state index contributed by atoms with van der Waals surface area (Å²) < 4.78 is 11.6. The predicted molar refractivity (Wildman–Crippen MR) is 90.3 cm³/mol. The third-order valence-corrected chi connectivity index (χ3v) is 7.09. The smallest absolute Gasteiger partial charge is 0.333 e. The molecule has 4 bridgehead atoms. The molecular formula is C20H26O5. The highest BCUT2D eigenvalue weighted by Gasteiger charge is 2.65. The Labute approximate surface area is 148 Å². The zero-order valence-electron chi connectivity index (χ0n) is 15.2. The average Bonchev–Trinajstić information content (AvgIpc) is 2.98. The van der Waals surface area contributed by atoms with Crippen molar-refractivity contribution in [3.05, 3.63) is 22.8 Å². The van der Waals surface area contributed by atoms with Crippen LogP contribution >= 0.6 is 0 Å². The van der Waals surface area contributed by atoms with Gasteiger partial charge in [0.2, 0.25) is 0 Å². The van der Waals surface area contributed by atoms with Gasteiger partial charge in [-0.05, 0) is 62.5 Å². The lowest BCUT2D eigenvalue weighted by Crippen LogP contribution is -2.45. The minimum Gasteiger partial charge on any atom is -0.459 e. The fraction of sp³-hybridized carbons (Fsp3) is 0.700. The van der Waals surface area contributed by atoms with Crippen molar-refractivity contribution in [2.75, 3.05) is 0 Å². The Bertz CT molecular complexity index is 705. The van der Waals surface area contributed by atoms with Gasteiger partial charge in [-0.3, -0.25) is 4.79 Å². The number of hydrogen-bond donors (Lipinski definition) is 1. The molecule has 4 fully saturated rings. The topological polar surface area (TPSA) is 72.8 Å². The van der Waals surface area contributed by atoms with Crippen LogP contribution in [0.4, 0.5) is 0 Å². The standard InChI is InChI=1S/C20H26O5/c1-5-9(2)18(22)24-14-8-20(4)7-11-16(14)17(25-19(11)23)15-10(3)13(21)6-12(15)20/h5,11-14,16-17,21H,6-8H2,1-4H3/b9-5+/t11-,12-,13-,14-,16-,17+,20+/m1/s1. The number of carbonyl (C=O) groups excluding carboxylic acids is 2. The third-order valence-electron chi connectivity index (χ3n) is 7.09. The highest BCUT2D eigenvalue weighted by atomic mass is 16.6. The molecule has 0 aromatic rings. The molecule has 0 aromatic heterocycles. The summed E-state index contributed by atoms with van der Waals surface area (Å²) in [6, 6.07) is 0. The van der Waals surface area contributed by atoms with Crippen molar-refractivity contribution in [1.82, 2.24) is 0 Å². The maximum Gasteiger partial charge on any atom is 0.333 e. The van der Waals surface area contributed by atoms with Gasteiger partial charge in [-0.25, -0.2) is 4.79 Å². The number of carbonyl (C=O) groups is 2. The van der Waals surface area contributed by atoms with Crippen molar-refractivity contribution < 1.29 is 24.2 Å². The number of aliphatic hydroxyl groups is 1. The van der Waals surface area contributed by atoms with E-state index in [-0.39, 0.29) is 47.3 Å². The SMILES string of the molecule is C/C=C(\C)C(=O)O[C@@H]1C[C@]2(C)C[C@H]3C(=O)O[C@@H](C4=C(C)[C@H](O)C[C@H]42)[C@@H]13. The molecule has 5 aliphatic rings. The molecule has 5 nitrogen and oxygen atoms in total. The number of esters is 2. The quantitative estimate of drug-likeness (QED) is 0.472. The molecule has 1 aliphatic heterocycles. The lowest BCUT2D eigenvalue weighted by molar-refractivity contribution is -0.156. The fourth-order valence-electron chi connectivity index (χ4n) is 5.61. The van der Waals surface area contributed by atoms with Gasteiger partial charge < -0.3 is 14.6 Å². The lowest BCUT2D eigenvalue weighted by Gasteiger charge is -2.43. The molecule has 5 heteroatoms. The summed E-state index contributed by atoms with van der Waals surface area (Å²) in [4.78, 5) is 24.8. The van der Waals surface area contributed by atoms with Gasteiger partial charge in [0.15, 0.2) is 0 Å². The molecule has 0 unspecified atom stereocenters. The largest absolute Gasteiger partial charge is 0.459 e. The summed E-state index contributed by atoms with van der Waals surface area (Å²) in [7, 11) is 0. The Morgan fingerprint density at radius 3 is 2.80 bits per heavy atom. The van der Waals surface area contributed by atoms with E-state index in [4.69, 9.17) is 9.47 Å². The summed E-state index contributed by atoms with van der Waals surface area (Å²) in [5.74, 6) is -0.638. The number of fused-ring (bicyclic) bond motifs is 1. The second kappa shape index (κ2) is 5.44. The molecule has 0 spiro atoms. The first-order valence-corrected chi connectivity index (χ1v) is 9.20. The van der Waals surface area contributed by atoms with Crippen molar-refractivity contribution in [1.29, 1.82) is 0 Å². The molecule has 1 heterocycles. The lowest BCUT2D eigenvalue weighted by atomic mass is 9.62. The van der Waals surface area contributed by atoms with Gasteiger partial charge in [-0.15, -0.1) is 0 Å². The van der Waals surface area contributed by atoms with Gasteiger partial charge >= 0.3 is 11.9 Å². The highest BCUT2D eigenvalue weighted by molar-refractivity contribution is 5.88. The van der Waals surface area contributed by atoms with Gasteiger partial charge in [-0.2, -0.15) is 0 Å². The molecule has 3 saturated carbocycles. The first-order valence-electron chi connectivity index (χ1n) is 9.20. The Kier molecular flexibility index (Phi) is 3.66. The van der Waals surface area contributed by atoms with Crippen LogP contribution in [-0.4, -0.2) is 35.4 Å². The Hall–Kier alpha value is -1.62. The predicted octanol–water partition coefficient (Wildman–Crippen LogP) is 2.53. The van der Waals surface area contributed by atoms with E-state index >= 15 is 0 Å². The molecule has 0 radical (unpaired) electrons. The van der Waals surface area contributed by atoms with Crippen molar-refractivity contribution in [2.45, 2.75) is 65.3 Å². The van der Waals surface area contributed by atoms with Crippen LogP contribution in [0.2, 0.25) is 0 Å². The molecule has 25 heavy (non-hydrogen) atoms. The highest BCUT2D eigenvalue weighted by Crippen LogP contribution is 2.63. The summed E-state index contributed by atoms with van der Waals surface area (Å²) in [5, 5.41) is 10.4. The van der Waals surface area contributed by atoms with E-state index in [2.05, 4.69) is 6.92 Å². The molecule has 4 aliphatic carbocycles. The fourth-order valence-corrected chi connectivity index (χ4v) is 5.61. The summed E-state index contributed by atoms with van der Waals surface area (Å²) in [6.07, 6.45) is 2.77. The molecule has 1 saturated heterocycles. The Morgan fingerprint density at radius 2 is 2.12 bits per heavy atom. The van der Waals surface area contributed by atoms with Crippen LogP contribution in [0.5, 0.6) is 0 Å². The Morgan fingerprint density at radius 1 is 1.40 bits per heavy atom. The molecule has 1 N–H and O–H groups in total. The minimum atomic E-state index is -0.458. The number of aliphatic hydroxyl groups excluding tert-OH is 1. The van der Waals surface area contributed by atoms with Crippen LogP contribution in [0, 0.1) is 23.2 Å². The van der Waals surface area contributed by atoms with Gasteiger partial charge in [0.1, 0.15) is 12.2 Å². The van der Waals surface area contributed by atoms with Crippen LogP contribution in [0.1, 0.15) is 47.0 Å². The number of allylic oxidation sites excluding steroid dienone is 1. The molecule has 5 rings (SSSR count). The van der Waals surface area contributed by atoms with E-state index in [0.717, 1.165) is 24.0 Å². The zero-order valence-corrected chi connectivity index (χ0v) is 15.2. The summed E-state index contributed by atoms with van der Waals surface area (Å²) >= 11 is 0. The van der Waals surface area contributed by atoms with Gasteiger partial charge in [-0.1, -0.05) is 13.0 Å². The second-order valence-electron chi connectivity index (χ2n) is 8.46. The van der Waals surface area contributed by atoms with Crippen molar-refractivity contribution in [3.63, 3.8) is 0 Å². The van der Waals surface area contributed by atoms with Gasteiger partial charge in [0, 0.05) is 5.57 Å². The average molecular weight is 346 g/mol. The van der Waals surface area contributed by atoms with Crippen LogP contribution in [0.3, 0.4) is 0 Å². The Balaban J connectivity index is 1.77. The molecule has 136 valence electrons. The van der Waals surface area contributed by atoms with E-state index in [0.29, 0.717) is 12.0 Å². The van der Waals surface area contributed by atoms with E-state index in [1.807, 2.05) is 13.8 Å². The maximum absolute atomic E-state index is 12.5. The van der Waals surface area contributed by atoms with E-state index in [9.17, 15) is 14.7 Å². The number of hydrogen-bond acceptors (Lipinski definition) is 5. The molecule has 0 amide bonds. The second-order valence-corrected chi connectivity index (χ2v) is 8.46. The monoisotopic (exact) mass is 346 g/mol. The van der Waals surface area contributed by atoms with E-state index < -0.39 is 6.10 Å². The normalized spacial score (nSPS) is 45.3. The summed E-state index contributed by atoms with van der Waals surface area (Å²) in [5.41, 5.74) is 2.46. The van der Waals surface area contributed by atoms with Crippen LogP contribution in [-0.2, 0) is 19.1 Å². The van der Waals surface area contributed by atoms with Crippen LogP contribution in [0.15, 0.2) is 22.8 Å². The third kappa shape index (κ3) is 2.24. The van der Waals surface area contributed by atoms with Crippen LogP contribution in [0.25, 0.3) is 0 Å². The van der Waals surface area contributed by atoms with Crippen molar-refractivity contribution >= 4 is 11.9 Å². The van der Waals surface area contributed by atoms with Crippen molar-refractivity contribution in [2.24, 2.45) is 23.2 Å². The van der Waals surface area contributed by atoms with E-state index in [1.165, 1.54) is 0 Å². The zero-order chi connectivity index (χ0) is 18.1. The van der Waals surface area contributed by atoms with Gasteiger partial charge in [0.25, 0.3) is 0 Å². The van der Waals surface area contributed by atoms with Gasteiger partial charge in [0.05, 0.1) is 17.9 Å². The molecule has 7 atom stereocenters.